The normalized spacial score (nSPS) is 19.2. The van der Waals surface area contributed by atoms with Crippen LogP contribution in [0.4, 0.5) is 0 Å². The van der Waals surface area contributed by atoms with Crippen LogP contribution in [0.25, 0.3) is 0 Å². The van der Waals surface area contributed by atoms with E-state index in [9.17, 15) is 0 Å². The van der Waals surface area contributed by atoms with Crippen LogP contribution in [0.5, 0.6) is 0 Å². The number of benzene rings is 1. The van der Waals surface area contributed by atoms with Crippen molar-refractivity contribution < 1.29 is 4.84 Å². The van der Waals surface area contributed by atoms with Crippen LogP contribution in [-0.2, 0) is 4.84 Å². The van der Waals surface area contributed by atoms with Crippen molar-refractivity contribution in [1.82, 2.24) is 0 Å². The summed E-state index contributed by atoms with van der Waals surface area (Å²) in [6.07, 6.45) is 1.76. The summed E-state index contributed by atoms with van der Waals surface area (Å²) in [7, 11) is 0. The molecule has 2 rings (SSSR count). The molecule has 0 aliphatic carbocycles. The minimum Gasteiger partial charge on any atom is -0.376 e. The van der Waals surface area contributed by atoms with Gasteiger partial charge in [0.15, 0.2) is 5.44 Å². The van der Waals surface area contributed by atoms with Gasteiger partial charge in [0.2, 0.25) is 0 Å². The molecule has 2 nitrogen and oxygen atoms in total. The van der Waals surface area contributed by atoms with Crippen LogP contribution in [0.3, 0.4) is 0 Å². The van der Waals surface area contributed by atoms with E-state index in [1.165, 1.54) is 22.3 Å². The van der Waals surface area contributed by atoms with Gasteiger partial charge in [-0.05, 0) is 38.0 Å². The molecule has 0 radical (unpaired) electrons. The van der Waals surface area contributed by atoms with Crippen LogP contribution < -0.4 is 0 Å². The summed E-state index contributed by atoms with van der Waals surface area (Å²) in [5.41, 5.74) is 4.92. The molecule has 0 amide bonds. The van der Waals surface area contributed by atoms with Gasteiger partial charge >= 0.3 is 0 Å². The highest BCUT2D eigenvalue weighted by atomic mass is 32.2. The Bertz CT molecular complexity index is 442. The Hall–Kier alpha value is -1.22. The Labute approximate surface area is 100 Å². The number of oxime groups is 1. The van der Waals surface area contributed by atoms with Gasteiger partial charge in [-0.15, -0.1) is 0 Å². The molecule has 0 saturated heterocycles. The van der Waals surface area contributed by atoms with Gasteiger partial charge in [-0.1, -0.05) is 41.2 Å². The fraction of sp³-hybridized carbons (Fsp3) is 0.308. The molecule has 0 saturated carbocycles. The third-order valence-corrected chi connectivity index (χ3v) is 3.56. The zero-order chi connectivity index (χ0) is 11.7. The van der Waals surface area contributed by atoms with Crippen molar-refractivity contribution in [3.05, 3.63) is 47.0 Å². The lowest BCUT2D eigenvalue weighted by atomic mass is 10.0. The van der Waals surface area contributed by atoms with Crippen molar-refractivity contribution >= 4 is 16.8 Å². The number of rotatable bonds is 2. The van der Waals surface area contributed by atoms with Crippen LogP contribution in [0, 0.1) is 20.8 Å². The zero-order valence-electron chi connectivity index (χ0n) is 9.78. The summed E-state index contributed by atoms with van der Waals surface area (Å²) in [5, 5.41) is 5.08. The van der Waals surface area contributed by atoms with Gasteiger partial charge in [0.05, 0.1) is 0 Å². The largest absolute Gasteiger partial charge is 0.376 e. The fourth-order valence-electron chi connectivity index (χ4n) is 1.97. The Morgan fingerprint density at radius 3 is 2.44 bits per heavy atom. The maximum Gasteiger partial charge on any atom is 0.197 e. The van der Waals surface area contributed by atoms with Crippen molar-refractivity contribution in [2.45, 2.75) is 26.2 Å². The first-order valence-corrected chi connectivity index (χ1v) is 6.11. The average molecular weight is 233 g/mol. The van der Waals surface area contributed by atoms with Crippen molar-refractivity contribution in [2.75, 3.05) is 0 Å². The van der Waals surface area contributed by atoms with Crippen LogP contribution in [0.15, 0.2) is 29.9 Å². The van der Waals surface area contributed by atoms with E-state index in [0.717, 1.165) is 5.04 Å². The molecule has 1 unspecified atom stereocenters. The van der Waals surface area contributed by atoms with Crippen molar-refractivity contribution in [2.24, 2.45) is 5.16 Å². The number of nitrogens with zero attached hydrogens (tertiary/aromatic N) is 1. The highest BCUT2D eigenvalue weighted by Gasteiger charge is 2.22. The van der Waals surface area contributed by atoms with E-state index >= 15 is 0 Å². The van der Waals surface area contributed by atoms with Crippen LogP contribution in [0.2, 0.25) is 0 Å². The molecule has 0 fully saturated rings. The molecule has 16 heavy (non-hydrogen) atoms. The van der Waals surface area contributed by atoms with Crippen LogP contribution in [-0.4, -0.2) is 10.5 Å². The van der Waals surface area contributed by atoms with Gasteiger partial charge in [0, 0.05) is 5.56 Å². The molecular weight excluding hydrogens is 218 g/mol. The maximum atomic E-state index is 5.24. The summed E-state index contributed by atoms with van der Waals surface area (Å²) in [5.74, 6) is 0. The van der Waals surface area contributed by atoms with Gasteiger partial charge in [-0.2, -0.15) is 0 Å². The third kappa shape index (κ3) is 2.00. The highest BCUT2D eigenvalue weighted by Crippen LogP contribution is 2.31. The smallest absolute Gasteiger partial charge is 0.197 e. The zero-order valence-corrected chi connectivity index (χ0v) is 10.6. The van der Waals surface area contributed by atoms with Crippen molar-refractivity contribution in [3.8, 4) is 0 Å². The Morgan fingerprint density at radius 2 is 1.94 bits per heavy atom. The molecule has 0 spiro atoms. The van der Waals surface area contributed by atoms with Crippen molar-refractivity contribution in [1.29, 1.82) is 0 Å². The minimum atomic E-state index is -0.0462. The number of thioether (sulfide) groups is 1. The first-order chi connectivity index (χ1) is 7.61. The summed E-state index contributed by atoms with van der Waals surface area (Å²) >= 11 is 1.61. The number of hydrogen-bond donors (Lipinski definition) is 0. The molecule has 1 aromatic carbocycles. The predicted molar refractivity (Wildman–Crippen MR) is 69.9 cm³/mol. The molecule has 1 aliphatic heterocycles. The van der Waals surface area contributed by atoms with E-state index in [0.29, 0.717) is 0 Å². The number of aryl methyl sites for hydroxylation is 3. The Kier molecular flexibility index (Phi) is 3.06. The second-order valence-electron chi connectivity index (χ2n) is 4.00. The van der Waals surface area contributed by atoms with Gasteiger partial charge in [-0.25, -0.2) is 0 Å². The van der Waals surface area contributed by atoms with Crippen LogP contribution >= 0.6 is 11.8 Å². The molecule has 1 aromatic rings. The van der Waals surface area contributed by atoms with E-state index in [1.54, 1.807) is 17.8 Å². The van der Waals surface area contributed by atoms with E-state index in [4.69, 9.17) is 4.84 Å². The molecular formula is C13H15NOS. The SMILES string of the molecule is C=CC1ON=C(c2c(C)cc(C)cc2C)S1. The van der Waals surface area contributed by atoms with E-state index in [-0.39, 0.29) is 5.44 Å². The Balaban J connectivity index is 2.39. The Morgan fingerprint density at radius 1 is 1.31 bits per heavy atom. The summed E-state index contributed by atoms with van der Waals surface area (Å²) in [6, 6.07) is 4.35. The number of hydrogen-bond acceptors (Lipinski definition) is 3. The molecule has 3 heteroatoms. The standard InChI is InChI=1S/C13H15NOS/c1-5-11-15-14-13(16-11)12-9(3)6-8(2)7-10(12)4/h5-7,11H,1H2,2-4H3. The lowest BCUT2D eigenvalue weighted by Gasteiger charge is -2.09. The maximum absolute atomic E-state index is 5.24. The average Bonchev–Trinajstić information content (AvgIpc) is 2.64. The molecule has 1 atom stereocenters. The molecule has 0 bridgehead atoms. The minimum absolute atomic E-state index is 0.0462. The van der Waals surface area contributed by atoms with E-state index in [2.05, 4.69) is 44.6 Å². The summed E-state index contributed by atoms with van der Waals surface area (Å²) in [4.78, 5) is 5.24. The first kappa shape index (κ1) is 11.3. The second-order valence-corrected chi connectivity index (χ2v) is 5.08. The fourth-order valence-corrected chi connectivity index (χ4v) is 2.89. The quantitative estimate of drug-likeness (QED) is 0.729. The second kappa shape index (κ2) is 4.34. The van der Waals surface area contributed by atoms with Gasteiger partial charge in [0.25, 0.3) is 0 Å². The third-order valence-electron chi connectivity index (χ3n) is 2.55. The molecule has 0 aromatic heterocycles. The first-order valence-electron chi connectivity index (χ1n) is 5.23. The summed E-state index contributed by atoms with van der Waals surface area (Å²) < 4.78 is 0. The highest BCUT2D eigenvalue weighted by molar-refractivity contribution is 8.15. The van der Waals surface area contributed by atoms with Crippen molar-refractivity contribution in [3.63, 3.8) is 0 Å². The molecule has 0 N–H and O–H groups in total. The topological polar surface area (TPSA) is 21.6 Å². The predicted octanol–water partition coefficient (Wildman–Crippen LogP) is 3.55. The van der Waals surface area contributed by atoms with Crippen LogP contribution in [0.1, 0.15) is 22.3 Å². The van der Waals surface area contributed by atoms with E-state index < -0.39 is 0 Å². The molecule has 84 valence electrons. The molecule has 1 heterocycles. The van der Waals surface area contributed by atoms with Gasteiger partial charge < -0.3 is 4.84 Å². The summed E-state index contributed by atoms with van der Waals surface area (Å²) in [6.45, 7) is 10.0. The lowest BCUT2D eigenvalue weighted by molar-refractivity contribution is 0.159. The molecule has 1 aliphatic rings. The van der Waals surface area contributed by atoms with E-state index in [1.807, 2.05) is 0 Å². The lowest BCUT2D eigenvalue weighted by Crippen LogP contribution is -2.02. The van der Waals surface area contributed by atoms with Gasteiger partial charge in [-0.3, -0.25) is 0 Å². The monoisotopic (exact) mass is 233 g/mol. The van der Waals surface area contributed by atoms with Gasteiger partial charge in [0.1, 0.15) is 5.04 Å².